The molecule has 2 aromatic carbocycles. The summed E-state index contributed by atoms with van der Waals surface area (Å²) in [4.78, 5) is 18.8. The molecule has 0 bridgehead atoms. The van der Waals surface area contributed by atoms with E-state index in [2.05, 4.69) is 51.5 Å². The number of nitrogens with zero attached hydrogens (tertiary/aromatic N) is 3. The molecular formula is C28H36N4O2S. The van der Waals surface area contributed by atoms with Crippen LogP contribution in [0.1, 0.15) is 45.8 Å². The molecule has 2 heterocycles. The summed E-state index contributed by atoms with van der Waals surface area (Å²) in [5.74, 6) is 1.58. The summed E-state index contributed by atoms with van der Waals surface area (Å²) in [6, 6.07) is 16.6. The van der Waals surface area contributed by atoms with Crippen LogP contribution in [0.3, 0.4) is 0 Å². The van der Waals surface area contributed by atoms with E-state index in [1.54, 1.807) is 11.8 Å². The summed E-state index contributed by atoms with van der Waals surface area (Å²) in [5, 5.41) is 7.14. The number of anilines is 1. The predicted octanol–water partition coefficient (Wildman–Crippen LogP) is 5.22. The number of aryl methyl sites for hydroxylation is 3. The highest BCUT2D eigenvalue weighted by atomic mass is 32.2. The van der Waals surface area contributed by atoms with Gasteiger partial charge in [0.05, 0.1) is 11.3 Å². The van der Waals surface area contributed by atoms with Crippen molar-refractivity contribution in [3.63, 3.8) is 0 Å². The maximum absolute atomic E-state index is 12.8. The number of nitrogens with one attached hydrogen (secondary N) is 1. The van der Waals surface area contributed by atoms with E-state index in [1.165, 1.54) is 11.3 Å². The Kier molecular flexibility index (Phi) is 8.88. The Morgan fingerprint density at radius 2 is 1.83 bits per heavy atom. The fourth-order valence-corrected chi connectivity index (χ4v) is 5.65. The van der Waals surface area contributed by atoms with Crippen LogP contribution in [0.2, 0.25) is 0 Å². The SMILES string of the molecule is Cc1cccc(N2CCN(CCCCNC(=O)c3ccccc3SCc3c(C)noc3C)CC2)c1. The number of benzene rings is 2. The smallest absolute Gasteiger partial charge is 0.252 e. The van der Waals surface area contributed by atoms with Gasteiger partial charge in [-0.2, -0.15) is 0 Å². The second-order valence-corrected chi connectivity index (χ2v) is 10.2. The zero-order valence-electron chi connectivity index (χ0n) is 21.0. The van der Waals surface area contributed by atoms with Crippen molar-refractivity contribution in [2.75, 3.05) is 44.2 Å². The summed E-state index contributed by atoms with van der Waals surface area (Å²) in [7, 11) is 0. The van der Waals surface area contributed by atoms with Crippen molar-refractivity contribution in [2.45, 2.75) is 44.3 Å². The molecule has 0 saturated carbocycles. The van der Waals surface area contributed by atoms with Gasteiger partial charge in [0.2, 0.25) is 0 Å². The molecule has 4 rings (SSSR count). The summed E-state index contributed by atoms with van der Waals surface area (Å²) in [5.41, 5.74) is 5.39. The van der Waals surface area contributed by atoms with Crippen LogP contribution in [0.5, 0.6) is 0 Å². The monoisotopic (exact) mass is 492 g/mol. The largest absolute Gasteiger partial charge is 0.369 e. The Hall–Kier alpha value is -2.77. The summed E-state index contributed by atoms with van der Waals surface area (Å²) >= 11 is 1.65. The first-order valence-corrected chi connectivity index (χ1v) is 13.5. The number of hydrogen-bond donors (Lipinski definition) is 1. The molecule has 1 aliphatic heterocycles. The van der Waals surface area contributed by atoms with Crippen LogP contribution >= 0.6 is 11.8 Å². The first-order chi connectivity index (χ1) is 17.0. The number of rotatable bonds is 10. The number of thioether (sulfide) groups is 1. The van der Waals surface area contributed by atoms with E-state index in [0.29, 0.717) is 6.54 Å². The number of carbonyl (C=O) groups is 1. The Morgan fingerprint density at radius 1 is 1.03 bits per heavy atom. The van der Waals surface area contributed by atoms with Gasteiger partial charge in [-0.1, -0.05) is 29.4 Å². The van der Waals surface area contributed by atoms with Crippen molar-refractivity contribution in [1.82, 2.24) is 15.4 Å². The lowest BCUT2D eigenvalue weighted by Gasteiger charge is -2.36. The van der Waals surface area contributed by atoms with Crippen molar-refractivity contribution >= 4 is 23.4 Å². The van der Waals surface area contributed by atoms with Gasteiger partial charge in [-0.05, 0) is 70.0 Å². The lowest BCUT2D eigenvalue weighted by molar-refractivity contribution is 0.0949. The third kappa shape index (κ3) is 6.89. The molecule has 1 aliphatic rings. The molecule has 0 radical (unpaired) electrons. The van der Waals surface area contributed by atoms with Gasteiger partial charge in [-0.25, -0.2) is 0 Å². The van der Waals surface area contributed by atoms with Gasteiger partial charge in [0.25, 0.3) is 5.91 Å². The Balaban J connectivity index is 1.16. The first kappa shape index (κ1) is 25.3. The fourth-order valence-electron chi connectivity index (χ4n) is 4.45. The van der Waals surface area contributed by atoms with Crippen LogP contribution in [-0.2, 0) is 5.75 Å². The third-order valence-electron chi connectivity index (χ3n) is 6.61. The maximum atomic E-state index is 12.8. The van der Waals surface area contributed by atoms with Gasteiger partial charge in [0.1, 0.15) is 5.76 Å². The lowest BCUT2D eigenvalue weighted by Crippen LogP contribution is -2.46. The van der Waals surface area contributed by atoms with Gasteiger partial charge in [-0.15, -0.1) is 11.8 Å². The lowest BCUT2D eigenvalue weighted by atomic mass is 10.2. The minimum Gasteiger partial charge on any atom is -0.369 e. The van der Waals surface area contributed by atoms with E-state index in [9.17, 15) is 4.79 Å². The summed E-state index contributed by atoms with van der Waals surface area (Å²) in [6.07, 6.45) is 2.07. The Morgan fingerprint density at radius 3 is 2.57 bits per heavy atom. The van der Waals surface area contributed by atoms with Crippen LogP contribution in [0.15, 0.2) is 57.9 Å². The molecule has 0 atom stereocenters. The predicted molar refractivity (Wildman–Crippen MR) is 143 cm³/mol. The number of amides is 1. The standard InChI is InChI=1S/C28H36N4O2S/c1-21-9-8-10-24(19-21)32-17-15-31(16-18-32)14-7-6-13-29-28(33)25-11-4-5-12-27(25)35-20-26-22(2)30-34-23(26)3/h4-5,8-12,19H,6-7,13-18,20H2,1-3H3,(H,29,33). The van der Waals surface area contributed by atoms with Crippen LogP contribution < -0.4 is 10.2 Å². The molecule has 1 fully saturated rings. The average Bonchev–Trinajstić information content (AvgIpc) is 3.19. The number of carbonyl (C=O) groups excluding carboxylic acids is 1. The molecular weight excluding hydrogens is 456 g/mol. The second kappa shape index (κ2) is 12.3. The fraction of sp³-hybridized carbons (Fsp3) is 0.429. The Labute approximate surface area is 213 Å². The van der Waals surface area contributed by atoms with Gasteiger partial charge in [0, 0.05) is 54.6 Å². The van der Waals surface area contributed by atoms with E-state index in [-0.39, 0.29) is 5.91 Å². The van der Waals surface area contributed by atoms with E-state index >= 15 is 0 Å². The van der Waals surface area contributed by atoms with Gasteiger partial charge >= 0.3 is 0 Å². The van der Waals surface area contributed by atoms with E-state index in [0.717, 1.165) is 78.8 Å². The highest BCUT2D eigenvalue weighted by molar-refractivity contribution is 7.98. The molecule has 0 aliphatic carbocycles. The molecule has 7 heteroatoms. The molecule has 1 N–H and O–H groups in total. The zero-order valence-corrected chi connectivity index (χ0v) is 21.9. The topological polar surface area (TPSA) is 61.6 Å². The van der Waals surface area contributed by atoms with Gasteiger partial charge < -0.3 is 14.7 Å². The number of unbranched alkanes of at least 4 members (excludes halogenated alkanes) is 1. The summed E-state index contributed by atoms with van der Waals surface area (Å²) in [6.45, 7) is 12.1. The zero-order chi connectivity index (χ0) is 24.6. The van der Waals surface area contributed by atoms with Crippen molar-refractivity contribution in [1.29, 1.82) is 0 Å². The van der Waals surface area contributed by atoms with Gasteiger partial charge in [0.15, 0.2) is 0 Å². The third-order valence-corrected chi connectivity index (χ3v) is 7.71. The van der Waals surface area contributed by atoms with Crippen molar-refractivity contribution in [3.05, 3.63) is 76.7 Å². The highest BCUT2D eigenvalue weighted by Crippen LogP contribution is 2.28. The normalized spacial score (nSPS) is 14.3. The van der Waals surface area contributed by atoms with Crippen LogP contribution in [-0.4, -0.2) is 55.2 Å². The van der Waals surface area contributed by atoms with Crippen molar-refractivity contribution < 1.29 is 9.32 Å². The molecule has 1 saturated heterocycles. The molecule has 1 amide bonds. The minimum atomic E-state index is -0.00127. The molecule has 35 heavy (non-hydrogen) atoms. The minimum absolute atomic E-state index is 0.00127. The number of aromatic nitrogens is 1. The second-order valence-electron chi connectivity index (χ2n) is 9.22. The van der Waals surface area contributed by atoms with Crippen LogP contribution in [0.25, 0.3) is 0 Å². The maximum Gasteiger partial charge on any atom is 0.252 e. The quantitative estimate of drug-likeness (QED) is 0.309. The van der Waals surface area contributed by atoms with Crippen molar-refractivity contribution in [3.8, 4) is 0 Å². The molecule has 6 nitrogen and oxygen atoms in total. The Bertz CT molecular complexity index is 1100. The van der Waals surface area contributed by atoms with E-state index < -0.39 is 0 Å². The van der Waals surface area contributed by atoms with Crippen molar-refractivity contribution in [2.24, 2.45) is 0 Å². The van der Waals surface area contributed by atoms with Gasteiger partial charge in [-0.3, -0.25) is 9.69 Å². The molecule has 1 aromatic heterocycles. The number of piperazine rings is 1. The van der Waals surface area contributed by atoms with Crippen LogP contribution in [0, 0.1) is 20.8 Å². The van der Waals surface area contributed by atoms with E-state index in [1.807, 2.05) is 38.1 Å². The highest BCUT2D eigenvalue weighted by Gasteiger charge is 2.17. The summed E-state index contributed by atoms with van der Waals surface area (Å²) < 4.78 is 5.26. The molecule has 0 unspecified atom stereocenters. The van der Waals surface area contributed by atoms with E-state index in [4.69, 9.17) is 4.52 Å². The molecule has 186 valence electrons. The number of hydrogen-bond acceptors (Lipinski definition) is 6. The molecule has 0 spiro atoms. The first-order valence-electron chi connectivity index (χ1n) is 12.5. The average molecular weight is 493 g/mol. The molecule has 3 aromatic rings. The van der Waals surface area contributed by atoms with Crippen LogP contribution in [0.4, 0.5) is 5.69 Å².